The van der Waals surface area contributed by atoms with Gasteiger partial charge >= 0.3 is 0 Å². The van der Waals surface area contributed by atoms with Crippen molar-refractivity contribution in [1.82, 2.24) is 5.32 Å². The van der Waals surface area contributed by atoms with Gasteiger partial charge in [0, 0.05) is 23.2 Å². The Morgan fingerprint density at radius 3 is 2.36 bits per heavy atom. The molecule has 0 bridgehead atoms. The van der Waals surface area contributed by atoms with Crippen LogP contribution < -0.4 is 14.8 Å². The Morgan fingerprint density at radius 2 is 1.76 bits per heavy atom. The highest BCUT2D eigenvalue weighted by molar-refractivity contribution is 6.31. The fourth-order valence-electron chi connectivity index (χ4n) is 2.29. The zero-order chi connectivity index (χ0) is 18.4. The van der Waals surface area contributed by atoms with E-state index in [1.165, 1.54) is 5.56 Å². The first kappa shape index (κ1) is 19.6. The summed E-state index contributed by atoms with van der Waals surface area (Å²) in [6.07, 6.45) is 1.04. The highest BCUT2D eigenvalue weighted by atomic mass is 35.5. The molecule has 0 atom stereocenters. The smallest absolute Gasteiger partial charge is 0.163 e. The van der Waals surface area contributed by atoms with Gasteiger partial charge in [0.2, 0.25) is 0 Å². The lowest BCUT2D eigenvalue weighted by Gasteiger charge is -2.25. The van der Waals surface area contributed by atoms with E-state index < -0.39 is 0 Å². The third-order valence-corrected chi connectivity index (χ3v) is 4.84. The topological polar surface area (TPSA) is 30.5 Å². The molecule has 0 saturated heterocycles. The van der Waals surface area contributed by atoms with Crippen LogP contribution in [0.2, 0.25) is 5.02 Å². The Kier molecular flexibility index (Phi) is 6.74. The Hall–Kier alpha value is -1.71. The van der Waals surface area contributed by atoms with E-state index in [4.69, 9.17) is 21.1 Å². The summed E-state index contributed by atoms with van der Waals surface area (Å²) in [5, 5.41) is 4.20. The number of ether oxygens (including phenoxy) is 2. The number of aryl methyl sites for hydroxylation is 1. The van der Waals surface area contributed by atoms with Gasteiger partial charge < -0.3 is 14.8 Å². The summed E-state index contributed by atoms with van der Waals surface area (Å²) in [5.41, 5.74) is 3.41. The van der Waals surface area contributed by atoms with E-state index in [9.17, 15) is 0 Å². The maximum Gasteiger partial charge on any atom is 0.163 e. The largest absolute Gasteiger partial charge is 0.493 e. The van der Waals surface area contributed by atoms with E-state index in [0.717, 1.165) is 17.5 Å². The highest BCUT2D eigenvalue weighted by Gasteiger charge is 2.16. The van der Waals surface area contributed by atoms with Crippen molar-refractivity contribution >= 4 is 11.6 Å². The van der Waals surface area contributed by atoms with Crippen molar-refractivity contribution < 1.29 is 9.47 Å². The molecule has 0 radical (unpaired) electrons. The molecule has 0 fully saturated rings. The zero-order valence-electron chi connectivity index (χ0n) is 15.8. The molecule has 0 aliphatic carbocycles. The van der Waals surface area contributed by atoms with Crippen molar-refractivity contribution in [2.24, 2.45) is 0 Å². The minimum Gasteiger partial charge on any atom is -0.493 e. The molecule has 25 heavy (non-hydrogen) atoms. The first-order chi connectivity index (χ1) is 11.8. The molecular formula is C21H28ClNO2. The third-order valence-electron chi connectivity index (χ3n) is 4.49. The maximum absolute atomic E-state index is 6.46. The molecule has 0 amide bonds. The van der Waals surface area contributed by atoms with Crippen LogP contribution in [0, 0.1) is 6.92 Å². The molecule has 0 aliphatic rings. The van der Waals surface area contributed by atoms with Crippen molar-refractivity contribution in [1.29, 1.82) is 0 Å². The molecule has 1 N–H and O–H groups in total. The number of hydrogen-bond acceptors (Lipinski definition) is 3. The number of halogens is 1. The summed E-state index contributed by atoms with van der Waals surface area (Å²) in [7, 11) is 1.65. The Labute approximate surface area is 156 Å². The lowest BCUT2D eigenvalue weighted by molar-refractivity contribution is 0.284. The number of methoxy groups -OCH3 is 1. The van der Waals surface area contributed by atoms with Crippen LogP contribution in [0.1, 0.15) is 43.9 Å². The van der Waals surface area contributed by atoms with Crippen LogP contribution in [0.4, 0.5) is 0 Å². The summed E-state index contributed by atoms with van der Waals surface area (Å²) in [6.45, 7) is 9.76. The number of nitrogens with one attached hydrogen (secondary N) is 1. The number of hydrogen-bond donors (Lipinski definition) is 1. The van der Waals surface area contributed by atoms with Crippen LogP contribution >= 0.6 is 11.6 Å². The molecule has 0 aliphatic heterocycles. The second kappa shape index (κ2) is 8.59. The van der Waals surface area contributed by atoms with Crippen molar-refractivity contribution in [2.45, 2.75) is 52.8 Å². The van der Waals surface area contributed by atoms with Gasteiger partial charge in [-0.05, 0) is 44.4 Å². The second-order valence-corrected chi connectivity index (χ2v) is 7.37. The lowest BCUT2D eigenvalue weighted by Crippen LogP contribution is -2.37. The minimum absolute atomic E-state index is 0.0666. The molecule has 2 aromatic rings. The first-order valence-corrected chi connectivity index (χ1v) is 9.02. The molecule has 0 aromatic heterocycles. The Morgan fingerprint density at radius 1 is 1.08 bits per heavy atom. The van der Waals surface area contributed by atoms with Crippen molar-refractivity contribution in [3.8, 4) is 11.5 Å². The Bertz CT molecular complexity index is 696. The monoisotopic (exact) mass is 361 g/mol. The quantitative estimate of drug-likeness (QED) is 0.672. The van der Waals surface area contributed by atoms with E-state index in [-0.39, 0.29) is 5.54 Å². The molecule has 0 unspecified atom stereocenters. The van der Waals surface area contributed by atoms with Gasteiger partial charge in [-0.25, -0.2) is 0 Å². The van der Waals surface area contributed by atoms with Crippen LogP contribution in [0.25, 0.3) is 0 Å². The molecule has 0 heterocycles. The zero-order valence-corrected chi connectivity index (χ0v) is 16.5. The summed E-state index contributed by atoms with van der Waals surface area (Å²) >= 11 is 6.46. The summed E-state index contributed by atoms with van der Waals surface area (Å²) in [4.78, 5) is 0. The number of rotatable bonds is 8. The third kappa shape index (κ3) is 5.65. The minimum atomic E-state index is 0.0666. The second-order valence-electron chi connectivity index (χ2n) is 6.96. The lowest BCUT2D eigenvalue weighted by atomic mass is 10.0. The van der Waals surface area contributed by atoms with Crippen LogP contribution in [-0.4, -0.2) is 12.6 Å². The fourth-order valence-corrected chi connectivity index (χ4v) is 2.51. The summed E-state index contributed by atoms with van der Waals surface area (Å²) < 4.78 is 11.4. The van der Waals surface area contributed by atoms with Gasteiger partial charge in [0.15, 0.2) is 11.5 Å². The molecule has 2 rings (SSSR count). The number of benzene rings is 2. The van der Waals surface area contributed by atoms with E-state index >= 15 is 0 Å². The predicted octanol–water partition coefficient (Wildman–Crippen LogP) is 5.51. The van der Waals surface area contributed by atoms with Gasteiger partial charge in [0.25, 0.3) is 0 Å². The van der Waals surface area contributed by atoms with Gasteiger partial charge in [-0.1, -0.05) is 48.4 Å². The molecule has 0 saturated carbocycles. The summed E-state index contributed by atoms with van der Waals surface area (Å²) in [6, 6.07) is 12.1. The Balaban J connectivity index is 2.11. The van der Waals surface area contributed by atoms with Gasteiger partial charge in [-0.3, -0.25) is 0 Å². The SMILES string of the molecule is CCC(C)(C)NCc1cc(OC)c(OCc2ccc(C)cc2)cc1Cl. The van der Waals surface area contributed by atoms with E-state index in [2.05, 4.69) is 57.3 Å². The highest BCUT2D eigenvalue weighted by Crippen LogP contribution is 2.34. The molecule has 3 nitrogen and oxygen atoms in total. The summed E-state index contributed by atoms with van der Waals surface area (Å²) in [5.74, 6) is 1.36. The fraction of sp³-hybridized carbons (Fsp3) is 0.429. The maximum atomic E-state index is 6.46. The average molecular weight is 362 g/mol. The van der Waals surface area contributed by atoms with E-state index in [1.54, 1.807) is 7.11 Å². The van der Waals surface area contributed by atoms with Crippen molar-refractivity contribution in [2.75, 3.05) is 7.11 Å². The van der Waals surface area contributed by atoms with Crippen LogP contribution in [-0.2, 0) is 13.2 Å². The van der Waals surface area contributed by atoms with Gasteiger partial charge in [-0.2, -0.15) is 0 Å². The predicted molar refractivity (Wildman–Crippen MR) is 105 cm³/mol. The van der Waals surface area contributed by atoms with Crippen LogP contribution in [0.5, 0.6) is 11.5 Å². The van der Waals surface area contributed by atoms with Gasteiger partial charge in [0.05, 0.1) is 7.11 Å². The molecule has 4 heteroatoms. The molecular weight excluding hydrogens is 334 g/mol. The first-order valence-electron chi connectivity index (χ1n) is 8.64. The van der Waals surface area contributed by atoms with E-state index in [1.807, 2.05) is 12.1 Å². The molecule has 136 valence electrons. The standard InChI is InChI=1S/C21H28ClNO2/c1-6-21(3,4)23-13-17-11-19(24-5)20(12-18(17)22)25-14-16-9-7-15(2)8-10-16/h7-12,23H,6,13-14H2,1-5H3. The van der Waals surface area contributed by atoms with Crippen LogP contribution in [0.3, 0.4) is 0 Å². The van der Waals surface area contributed by atoms with Crippen molar-refractivity contribution in [3.63, 3.8) is 0 Å². The van der Waals surface area contributed by atoms with E-state index in [0.29, 0.717) is 29.7 Å². The van der Waals surface area contributed by atoms with Gasteiger partial charge in [-0.15, -0.1) is 0 Å². The van der Waals surface area contributed by atoms with Crippen LogP contribution in [0.15, 0.2) is 36.4 Å². The van der Waals surface area contributed by atoms with Gasteiger partial charge in [0.1, 0.15) is 6.61 Å². The molecule has 0 spiro atoms. The van der Waals surface area contributed by atoms with Crippen molar-refractivity contribution in [3.05, 3.63) is 58.1 Å². The average Bonchev–Trinajstić information content (AvgIpc) is 2.60. The normalized spacial score (nSPS) is 11.4. The molecule has 2 aromatic carbocycles.